The monoisotopic (exact) mass is 422 g/mol. The number of phenols is 1. The molecule has 3 N–H and O–H groups in total. The van der Waals surface area contributed by atoms with Crippen molar-refractivity contribution >= 4 is 6.03 Å². The molecule has 0 aliphatic carbocycles. The van der Waals surface area contributed by atoms with Crippen LogP contribution in [0.3, 0.4) is 0 Å². The topological polar surface area (TPSA) is 93.1 Å². The second kappa shape index (κ2) is 9.76. The van der Waals surface area contributed by atoms with Gasteiger partial charge in [-0.15, -0.1) is 0 Å². The summed E-state index contributed by atoms with van der Waals surface area (Å²) in [5, 5.41) is 9.64. The van der Waals surface area contributed by atoms with Crippen molar-refractivity contribution in [1.82, 2.24) is 19.4 Å². The highest BCUT2D eigenvalue weighted by atomic mass is 16.3. The van der Waals surface area contributed by atoms with Gasteiger partial charge in [0, 0.05) is 44.5 Å². The summed E-state index contributed by atoms with van der Waals surface area (Å²) in [6, 6.07) is 15.7. The number of imidazole rings is 1. The zero-order valence-corrected chi connectivity index (χ0v) is 18.0. The molecule has 1 fully saturated rings. The number of likely N-dealkylation sites (tertiary alicyclic amines) is 1. The molecule has 1 aliphatic rings. The van der Waals surface area contributed by atoms with Crippen LogP contribution >= 0.6 is 0 Å². The molecule has 0 unspecified atom stereocenters. The van der Waals surface area contributed by atoms with Crippen molar-refractivity contribution in [3.05, 3.63) is 72.2 Å². The molecular formula is C24H30N4O3. The third kappa shape index (κ3) is 5.31. The number of nitrogens with zero attached hydrogens (tertiary/aromatic N) is 4. The van der Waals surface area contributed by atoms with E-state index in [2.05, 4.69) is 16.0 Å². The first-order valence-corrected chi connectivity index (χ1v) is 10.4. The summed E-state index contributed by atoms with van der Waals surface area (Å²) in [6.07, 6.45) is 5.28. The summed E-state index contributed by atoms with van der Waals surface area (Å²) in [5.41, 5.74) is 4.11. The molecule has 0 spiro atoms. The second-order valence-electron chi connectivity index (χ2n) is 8.11. The van der Waals surface area contributed by atoms with Gasteiger partial charge in [0.05, 0.1) is 5.69 Å². The van der Waals surface area contributed by atoms with Gasteiger partial charge < -0.3 is 15.5 Å². The van der Waals surface area contributed by atoms with Crippen LogP contribution in [0.2, 0.25) is 0 Å². The van der Waals surface area contributed by atoms with Crippen LogP contribution in [0, 0.1) is 6.92 Å². The van der Waals surface area contributed by atoms with Gasteiger partial charge in [-0.2, -0.15) is 0 Å². The summed E-state index contributed by atoms with van der Waals surface area (Å²) in [5.74, 6) is 0.304. The Morgan fingerprint density at radius 1 is 1.16 bits per heavy atom. The zero-order chi connectivity index (χ0) is 21.1. The summed E-state index contributed by atoms with van der Waals surface area (Å²) in [4.78, 5) is 21.6. The van der Waals surface area contributed by atoms with Crippen molar-refractivity contribution in [1.29, 1.82) is 0 Å². The predicted molar refractivity (Wildman–Crippen MR) is 121 cm³/mol. The van der Waals surface area contributed by atoms with Crippen LogP contribution in [0.25, 0.3) is 11.3 Å². The quantitative estimate of drug-likeness (QED) is 0.698. The maximum atomic E-state index is 13.0. The first kappa shape index (κ1) is 22.5. The lowest BCUT2D eigenvalue weighted by atomic mass is 10.0. The van der Waals surface area contributed by atoms with Gasteiger partial charge in [0.1, 0.15) is 12.1 Å². The molecule has 1 aromatic heterocycles. The van der Waals surface area contributed by atoms with Crippen LogP contribution in [-0.2, 0) is 6.54 Å². The molecule has 0 saturated carbocycles. The second-order valence-corrected chi connectivity index (χ2v) is 8.11. The van der Waals surface area contributed by atoms with Gasteiger partial charge in [-0.25, -0.2) is 9.78 Å². The van der Waals surface area contributed by atoms with E-state index in [1.807, 2.05) is 61.5 Å². The molecule has 0 atom stereocenters. The van der Waals surface area contributed by atoms with Gasteiger partial charge in [-0.1, -0.05) is 35.9 Å². The minimum absolute atomic E-state index is 0. The molecule has 1 amide bonds. The highest BCUT2D eigenvalue weighted by Crippen LogP contribution is 2.21. The number of aromatic hydroxyl groups is 1. The van der Waals surface area contributed by atoms with Crippen molar-refractivity contribution in [2.45, 2.75) is 32.4 Å². The molecule has 1 aliphatic heterocycles. The number of piperidine rings is 1. The van der Waals surface area contributed by atoms with E-state index >= 15 is 0 Å². The summed E-state index contributed by atoms with van der Waals surface area (Å²) in [6.45, 7) is 4.72. The van der Waals surface area contributed by atoms with E-state index in [9.17, 15) is 9.90 Å². The van der Waals surface area contributed by atoms with Gasteiger partial charge in [0.25, 0.3) is 0 Å². The fourth-order valence-corrected chi connectivity index (χ4v) is 4.10. The van der Waals surface area contributed by atoms with E-state index in [0.29, 0.717) is 5.75 Å². The Labute approximate surface area is 182 Å². The summed E-state index contributed by atoms with van der Waals surface area (Å²) in [7, 11) is 1.88. The molecule has 31 heavy (non-hydrogen) atoms. The fraction of sp³-hybridized carbons (Fsp3) is 0.333. The fourth-order valence-electron chi connectivity index (χ4n) is 4.10. The number of aromatic nitrogens is 2. The van der Waals surface area contributed by atoms with Crippen LogP contribution in [-0.4, -0.2) is 62.1 Å². The van der Waals surface area contributed by atoms with E-state index in [1.54, 1.807) is 17.0 Å². The average Bonchev–Trinajstić information content (AvgIpc) is 3.24. The SMILES string of the molecule is Cc1cccc(-c2cn(C(=O)N(C)C3CCN(Cc4cccc(O)c4)CC3)cn2)c1.O. The van der Waals surface area contributed by atoms with E-state index < -0.39 is 0 Å². The van der Waals surface area contributed by atoms with E-state index in [1.165, 1.54) is 5.56 Å². The lowest BCUT2D eigenvalue weighted by Gasteiger charge is -2.36. The molecule has 0 radical (unpaired) electrons. The number of aryl methyl sites for hydroxylation is 1. The third-order valence-electron chi connectivity index (χ3n) is 5.84. The Morgan fingerprint density at radius 2 is 1.90 bits per heavy atom. The highest BCUT2D eigenvalue weighted by Gasteiger charge is 2.26. The Hall–Kier alpha value is -3.16. The standard InChI is InChI=1S/C24H28N4O2.H2O/c1-18-5-3-7-20(13-18)23-16-28(17-25-23)24(30)26(2)21-9-11-27(12-10-21)15-19-6-4-8-22(29)14-19;/h3-8,13-14,16-17,21,29H,9-12,15H2,1-2H3;1H2. The number of amides is 1. The highest BCUT2D eigenvalue weighted by molar-refractivity contribution is 5.78. The van der Waals surface area contributed by atoms with E-state index in [4.69, 9.17) is 0 Å². The molecule has 2 heterocycles. The van der Waals surface area contributed by atoms with Crippen molar-refractivity contribution in [3.8, 4) is 17.0 Å². The number of hydrogen-bond acceptors (Lipinski definition) is 4. The van der Waals surface area contributed by atoms with Crippen LogP contribution in [0.15, 0.2) is 61.1 Å². The van der Waals surface area contributed by atoms with Crippen LogP contribution in [0.5, 0.6) is 5.75 Å². The lowest BCUT2D eigenvalue weighted by Crippen LogP contribution is -2.46. The minimum Gasteiger partial charge on any atom is -0.508 e. The minimum atomic E-state index is -0.0483. The smallest absolute Gasteiger partial charge is 0.329 e. The van der Waals surface area contributed by atoms with Gasteiger partial charge in [0.2, 0.25) is 0 Å². The largest absolute Gasteiger partial charge is 0.508 e. The first-order valence-electron chi connectivity index (χ1n) is 10.4. The predicted octanol–water partition coefficient (Wildman–Crippen LogP) is 3.30. The lowest BCUT2D eigenvalue weighted by molar-refractivity contribution is 0.132. The normalized spacial score (nSPS) is 14.8. The number of hydrogen-bond donors (Lipinski definition) is 1. The molecule has 7 heteroatoms. The van der Waals surface area contributed by atoms with Crippen LogP contribution < -0.4 is 0 Å². The van der Waals surface area contributed by atoms with Crippen LogP contribution in [0.4, 0.5) is 4.79 Å². The Bertz CT molecular complexity index is 1020. The van der Waals surface area contributed by atoms with Gasteiger partial charge in [0.15, 0.2) is 0 Å². The molecule has 164 valence electrons. The van der Waals surface area contributed by atoms with Crippen molar-refractivity contribution in [3.63, 3.8) is 0 Å². The Balaban J connectivity index is 0.00000272. The molecule has 7 nitrogen and oxygen atoms in total. The zero-order valence-electron chi connectivity index (χ0n) is 18.0. The molecule has 2 aromatic carbocycles. The number of carbonyl (C=O) groups is 1. The Kier molecular flexibility index (Phi) is 7.09. The summed E-state index contributed by atoms with van der Waals surface area (Å²) >= 11 is 0. The molecule has 1 saturated heterocycles. The van der Waals surface area contributed by atoms with Crippen molar-refractivity contribution < 1.29 is 15.4 Å². The first-order chi connectivity index (χ1) is 14.5. The molecule has 0 bridgehead atoms. The molecule has 4 rings (SSSR count). The number of phenolic OH excluding ortho intramolecular Hbond substituents is 1. The third-order valence-corrected chi connectivity index (χ3v) is 5.84. The van der Waals surface area contributed by atoms with Crippen molar-refractivity contribution in [2.75, 3.05) is 20.1 Å². The maximum absolute atomic E-state index is 13.0. The average molecular weight is 423 g/mol. The van der Waals surface area contributed by atoms with E-state index in [0.717, 1.165) is 49.3 Å². The maximum Gasteiger partial charge on any atom is 0.329 e. The van der Waals surface area contributed by atoms with E-state index in [-0.39, 0.29) is 17.5 Å². The Morgan fingerprint density at radius 3 is 2.61 bits per heavy atom. The van der Waals surface area contributed by atoms with Gasteiger partial charge in [-0.3, -0.25) is 9.47 Å². The number of carbonyl (C=O) groups excluding carboxylic acids is 1. The van der Waals surface area contributed by atoms with Gasteiger partial charge in [-0.05, 0) is 43.5 Å². The summed E-state index contributed by atoms with van der Waals surface area (Å²) < 4.78 is 1.58. The van der Waals surface area contributed by atoms with Crippen molar-refractivity contribution in [2.24, 2.45) is 0 Å². The number of benzene rings is 2. The molecule has 3 aromatic rings. The van der Waals surface area contributed by atoms with Crippen LogP contribution in [0.1, 0.15) is 24.0 Å². The number of rotatable bonds is 4. The molecular weight excluding hydrogens is 392 g/mol. The van der Waals surface area contributed by atoms with Gasteiger partial charge >= 0.3 is 6.03 Å².